The van der Waals surface area contributed by atoms with Crippen molar-refractivity contribution >= 4 is 23.5 Å². The second-order valence-electron chi connectivity index (χ2n) is 4.55. The summed E-state index contributed by atoms with van der Waals surface area (Å²) in [5.74, 6) is -1.55. The third-order valence-electron chi connectivity index (χ3n) is 3.05. The van der Waals surface area contributed by atoms with Crippen molar-refractivity contribution in [3.05, 3.63) is 75.9 Å². The van der Waals surface area contributed by atoms with Crippen molar-refractivity contribution in [2.75, 3.05) is 0 Å². The van der Waals surface area contributed by atoms with Gasteiger partial charge in [-0.25, -0.2) is 18.2 Å². The van der Waals surface area contributed by atoms with Crippen molar-refractivity contribution in [3.8, 4) is 11.3 Å². The van der Waals surface area contributed by atoms with Gasteiger partial charge < -0.3 is 0 Å². The van der Waals surface area contributed by atoms with Gasteiger partial charge in [-0.05, 0) is 48.6 Å². The molecule has 1 aromatic heterocycles. The maximum atomic E-state index is 13.5. The van der Waals surface area contributed by atoms with E-state index < -0.39 is 11.6 Å². The van der Waals surface area contributed by atoms with Crippen molar-refractivity contribution in [1.82, 2.24) is 4.98 Å². The first kappa shape index (κ1) is 14.5. The Balaban J connectivity index is 1.85. The van der Waals surface area contributed by atoms with Gasteiger partial charge in [-0.3, -0.25) is 0 Å². The molecule has 0 amide bonds. The Morgan fingerprint density at radius 3 is 2.23 bits per heavy atom. The molecule has 0 saturated heterocycles. The normalized spacial score (nSPS) is 11.2. The summed E-state index contributed by atoms with van der Waals surface area (Å²) in [7, 11) is 0. The molecule has 0 aliphatic rings. The summed E-state index contributed by atoms with van der Waals surface area (Å²) >= 11 is 1.34. The van der Waals surface area contributed by atoms with Gasteiger partial charge in [0, 0.05) is 16.5 Å². The molecule has 0 radical (unpaired) electrons. The van der Waals surface area contributed by atoms with E-state index in [4.69, 9.17) is 0 Å². The third kappa shape index (κ3) is 3.09. The van der Waals surface area contributed by atoms with Gasteiger partial charge in [0.2, 0.25) is 0 Å². The zero-order chi connectivity index (χ0) is 15.5. The molecule has 0 aliphatic carbocycles. The number of aromatic nitrogens is 1. The van der Waals surface area contributed by atoms with Crippen LogP contribution in [0.2, 0.25) is 0 Å². The van der Waals surface area contributed by atoms with Crippen LogP contribution in [0.5, 0.6) is 0 Å². The molecule has 0 saturated carbocycles. The van der Waals surface area contributed by atoms with Gasteiger partial charge in [0.1, 0.15) is 22.5 Å². The summed E-state index contributed by atoms with van der Waals surface area (Å²) in [4.78, 5) is 4.35. The van der Waals surface area contributed by atoms with E-state index >= 15 is 0 Å². The van der Waals surface area contributed by atoms with Crippen LogP contribution >= 0.6 is 11.3 Å². The van der Waals surface area contributed by atoms with Crippen LogP contribution in [0.15, 0.2) is 47.8 Å². The Bertz CT molecular complexity index is 802. The number of benzene rings is 2. The minimum absolute atomic E-state index is 0.0963. The lowest BCUT2D eigenvalue weighted by Gasteiger charge is -1.97. The zero-order valence-electron chi connectivity index (χ0n) is 11.3. The average Bonchev–Trinajstić information content (AvgIpc) is 2.96. The van der Waals surface area contributed by atoms with Crippen molar-refractivity contribution in [2.24, 2.45) is 0 Å². The molecular formula is C17H10F3NS. The first-order valence-electron chi connectivity index (χ1n) is 6.47. The van der Waals surface area contributed by atoms with Crippen LogP contribution in [-0.2, 0) is 0 Å². The smallest absolute Gasteiger partial charge is 0.133 e. The number of hydrogen-bond donors (Lipinski definition) is 0. The standard InChI is InChI=1S/C17H10F3NS/c18-12-6-4-11(5-7-12)16-10-22-17(21-16)9-8-13-14(19)2-1-3-15(13)20/h1-10H/b9-8+. The van der Waals surface area contributed by atoms with Crippen LogP contribution in [0.1, 0.15) is 10.6 Å². The predicted molar refractivity (Wildman–Crippen MR) is 82.8 cm³/mol. The summed E-state index contributed by atoms with van der Waals surface area (Å²) in [5, 5.41) is 2.42. The third-order valence-corrected chi connectivity index (χ3v) is 3.86. The van der Waals surface area contributed by atoms with Gasteiger partial charge in [-0.1, -0.05) is 6.07 Å². The largest absolute Gasteiger partial charge is 0.237 e. The molecule has 1 heterocycles. The highest BCUT2D eigenvalue weighted by Gasteiger charge is 2.06. The van der Waals surface area contributed by atoms with Crippen LogP contribution < -0.4 is 0 Å². The van der Waals surface area contributed by atoms with Crippen molar-refractivity contribution in [1.29, 1.82) is 0 Å². The molecule has 3 aromatic rings. The van der Waals surface area contributed by atoms with Crippen LogP contribution in [0, 0.1) is 17.5 Å². The summed E-state index contributed by atoms with van der Waals surface area (Å²) < 4.78 is 39.9. The van der Waals surface area contributed by atoms with E-state index in [2.05, 4.69) is 4.98 Å². The Hall–Kier alpha value is -2.40. The Morgan fingerprint density at radius 1 is 0.864 bits per heavy atom. The van der Waals surface area contributed by atoms with E-state index in [0.29, 0.717) is 10.7 Å². The van der Waals surface area contributed by atoms with Gasteiger partial charge >= 0.3 is 0 Å². The number of halogens is 3. The molecule has 0 bridgehead atoms. The molecule has 22 heavy (non-hydrogen) atoms. The lowest BCUT2D eigenvalue weighted by atomic mass is 10.2. The minimum Gasteiger partial charge on any atom is -0.237 e. The van der Waals surface area contributed by atoms with Gasteiger partial charge in [0.25, 0.3) is 0 Å². The maximum absolute atomic E-state index is 13.5. The lowest BCUT2D eigenvalue weighted by Crippen LogP contribution is -1.86. The van der Waals surface area contributed by atoms with Gasteiger partial charge in [0.15, 0.2) is 0 Å². The van der Waals surface area contributed by atoms with Crippen LogP contribution in [-0.4, -0.2) is 4.98 Å². The molecule has 0 unspecified atom stereocenters. The Kier molecular flexibility index (Phi) is 4.06. The van der Waals surface area contributed by atoms with Crippen LogP contribution in [0.4, 0.5) is 13.2 Å². The second kappa shape index (κ2) is 6.15. The van der Waals surface area contributed by atoms with E-state index in [-0.39, 0.29) is 11.4 Å². The van der Waals surface area contributed by atoms with Crippen molar-refractivity contribution < 1.29 is 13.2 Å². The maximum Gasteiger partial charge on any atom is 0.133 e. The van der Waals surface area contributed by atoms with Gasteiger partial charge in [-0.15, -0.1) is 11.3 Å². The minimum atomic E-state index is -0.619. The first-order valence-corrected chi connectivity index (χ1v) is 7.35. The SMILES string of the molecule is Fc1ccc(-c2csc(/C=C/c3c(F)cccc3F)n2)cc1. The highest BCUT2D eigenvalue weighted by molar-refractivity contribution is 7.10. The van der Waals surface area contributed by atoms with Crippen molar-refractivity contribution in [3.63, 3.8) is 0 Å². The number of hydrogen-bond acceptors (Lipinski definition) is 2. The fourth-order valence-electron chi connectivity index (χ4n) is 1.94. The molecule has 0 N–H and O–H groups in total. The first-order chi connectivity index (χ1) is 10.6. The molecular weight excluding hydrogens is 307 g/mol. The molecule has 2 aromatic carbocycles. The predicted octanol–water partition coefficient (Wildman–Crippen LogP) is 5.40. The van der Waals surface area contributed by atoms with Crippen LogP contribution in [0.3, 0.4) is 0 Å². The molecule has 110 valence electrons. The van der Waals surface area contributed by atoms with Gasteiger partial charge in [0.05, 0.1) is 5.69 Å². The van der Waals surface area contributed by atoms with E-state index in [9.17, 15) is 13.2 Å². The summed E-state index contributed by atoms with van der Waals surface area (Å²) in [6.07, 6.45) is 2.91. The molecule has 0 spiro atoms. The fourth-order valence-corrected chi connectivity index (χ4v) is 2.66. The highest BCUT2D eigenvalue weighted by Crippen LogP contribution is 2.24. The van der Waals surface area contributed by atoms with E-state index in [1.54, 1.807) is 18.2 Å². The summed E-state index contributed by atoms with van der Waals surface area (Å²) in [6.45, 7) is 0. The highest BCUT2D eigenvalue weighted by atomic mass is 32.1. The van der Waals surface area contributed by atoms with E-state index in [1.807, 2.05) is 5.38 Å². The summed E-state index contributed by atoms with van der Waals surface area (Å²) in [5.41, 5.74) is 1.38. The lowest BCUT2D eigenvalue weighted by molar-refractivity contribution is 0.579. The molecule has 5 heteroatoms. The van der Waals surface area contributed by atoms with Gasteiger partial charge in [-0.2, -0.15) is 0 Å². The molecule has 1 nitrogen and oxygen atoms in total. The van der Waals surface area contributed by atoms with Crippen molar-refractivity contribution in [2.45, 2.75) is 0 Å². The fraction of sp³-hybridized carbons (Fsp3) is 0. The average molecular weight is 317 g/mol. The second-order valence-corrected chi connectivity index (χ2v) is 5.44. The molecule has 0 aliphatic heterocycles. The molecule has 0 fully saturated rings. The quantitative estimate of drug-likeness (QED) is 0.630. The topological polar surface area (TPSA) is 12.9 Å². The Morgan fingerprint density at radius 2 is 1.55 bits per heavy atom. The van der Waals surface area contributed by atoms with E-state index in [1.165, 1.54) is 47.7 Å². The number of nitrogens with zero attached hydrogens (tertiary/aromatic N) is 1. The number of rotatable bonds is 3. The van der Waals surface area contributed by atoms with Crippen LogP contribution in [0.25, 0.3) is 23.4 Å². The number of thiazole rings is 1. The molecule has 3 rings (SSSR count). The van der Waals surface area contributed by atoms with E-state index in [0.717, 1.165) is 5.56 Å². The zero-order valence-corrected chi connectivity index (χ0v) is 12.1. The monoisotopic (exact) mass is 317 g/mol. The summed E-state index contributed by atoms with van der Waals surface area (Å²) in [6, 6.07) is 9.71. The molecule has 0 atom stereocenters. The Labute approximate surface area is 129 Å².